The number of aryl methyl sites for hydroxylation is 1. The molecule has 1 fully saturated rings. The van der Waals surface area contributed by atoms with Gasteiger partial charge in [-0.2, -0.15) is 0 Å². The van der Waals surface area contributed by atoms with Crippen LogP contribution in [0.5, 0.6) is 5.75 Å². The van der Waals surface area contributed by atoms with E-state index in [2.05, 4.69) is 0 Å². The first-order valence-electron chi connectivity index (χ1n) is 8.90. The molecule has 0 aliphatic carbocycles. The Morgan fingerprint density at radius 3 is 2.96 bits per heavy atom. The van der Waals surface area contributed by atoms with Crippen LogP contribution in [-0.2, 0) is 16.1 Å². The number of hydrogen-bond acceptors (Lipinski definition) is 5. The van der Waals surface area contributed by atoms with Gasteiger partial charge in [-0.3, -0.25) is 9.69 Å². The van der Waals surface area contributed by atoms with E-state index in [-0.39, 0.29) is 12.5 Å². The van der Waals surface area contributed by atoms with Crippen LogP contribution in [0, 0.1) is 6.92 Å². The molecule has 138 valence electrons. The van der Waals surface area contributed by atoms with Gasteiger partial charge in [0, 0.05) is 12.6 Å². The molecule has 6 nitrogen and oxygen atoms in total. The minimum Gasteiger partial charge on any atom is -0.494 e. The number of hydrogen-bond donors (Lipinski definition) is 2. The zero-order valence-corrected chi connectivity index (χ0v) is 14.8. The van der Waals surface area contributed by atoms with Gasteiger partial charge in [-0.05, 0) is 56.0 Å². The van der Waals surface area contributed by atoms with E-state index in [9.17, 15) is 9.59 Å². The average molecular weight is 348 g/mol. The number of rotatable bonds is 9. The highest BCUT2D eigenvalue weighted by molar-refractivity contribution is 5.73. The number of carboxylic acid groups (broad SMARTS) is 1. The fourth-order valence-electron chi connectivity index (χ4n) is 3.46. The van der Waals surface area contributed by atoms with Gasteiger partial charge in [-0.15, -0.1) is 0 Å². The number of nitrogens with zero attached hydrogens (tertiary/aromatic N) is 1. The fraction of sp³-hybridized carbons (Fsp3) is 0.579. The van der Waals surface area contributed by atoms with Crippen molar-refractivity contribution < 1.29 is 19.4 Å². The highest BCUT2D eigenvalue weighted by Crippen LogP contribution is 2.24. The van der Waals surface area contributed by atoms with Gasteiger partial charge < -0.3 is 20.4 Å². The molecule has 6 heteroatoms. The van der Waals surface area contributed by atoms with Crippen LogP contribution in [0.2, 0.25) is 0 Å². The van der Waals surface area contributed by atoms with Crippen molar-refractivity contribution in [2.45, 2.75) is 57.7 Å². The summed E-state index contributed by atoms with van der Waals surface area (Å²) >= 11 is 0. The summed E-state index contributed by atoms with van der Waals surface area (Å²) in [5.74, 6) is -0.141. The molecule has 0 radical (unpaired) electrons. The Labute approximate surface area is 149 Å². The van der Waals surface area contributed by atoms with E-state index >= 15 is 0 Å². The van der Waals surface area contributed by atoms with Crippen LogP contribution in [-0.4, -0.2) is 47.5 Å². The number of carboxylic acids is 1. The summed E-state index contributed by atoms with van der Waals surface area (Å²) in [6.07, 6.45) is 4.46. The maximum absolute atomic E-state index is 11.3. The molecule has 2 unspecified atom stereocenters. The van der Waals surface area contributed by atoms with Crippen molar-refractivity contribution in [3.05, 3.63) is 29.3 Å². The SMILES string of the molecule is Cc1ccc(OCCC2CCCCN2C(C=O)CC(=O)O)cc1CN. The molecule has 0 bridgehead atoms. The van der Waals surface area contributed by atoms with E-state index in [1.165, 1.54) is 0 Å². The molecule has 25 heavy (non-hydrogen) atoms. The predicted octanol–water partition coefficient (Wildman–Crippen LogP) is 2.12. The number of aldehydes is 1. The molecule has 0 saturated carbocycles. The lowest BCUT2D eigenvalue weighted by atomic mass is 9.96. The molecule has 0 aromatic heterocycles. The van der Waals surface area contributed by atoms with Crippen LogP contribution in [0.3, 0.4) is 0 Å². The predicted molar refractivity (Wildman–Crippen MR) is 95.6 cm³/mol. The Hall–Kier alpha value is -1.92. The lowest BCUT2D eigenvalue weighted by molar-refractivity contribution is -0.140. The maximum Gasteiger partial charge on any atom is 0.305 e. The summed E-state index contributed by atoms with van der Waals surface area (Å²) in [6, 6.07) is 5.53. The van der Waals surface area contributed by atoms with Crippen molar-refractivity contribution in [2.75, 3.05) is 13.2 Å². The molecule has 2 atom stereocenters. The van der Waals surface area contributed by atoms with Crippen LogP contribution >= 0.6 is 0 Å². The third-order valence-corrected chi connectivity index (χ3v) is 4.90. The monoisotopic (exact) mass is 348 g/mol. The summed E-state index contributed by atoms with van der Waals surface area (Å²) in [7, 11) is 0. The summed E-state index contributed by atoms with van der Waals surface area (Å²) in [4.78, 5) is 24.4. The minimum absolute atomic E-state index is 0.140. The highest BCUT2D eigenvalue weighted by Gasteiger charge is 2.29. The van der Waals surface area contributed by atoms with Gasteiger partial charge in [0.2, 0.25) is 0 Å². The van der Waals surface area contributed by atoms with Crippen molar-refractivity contribution >= 4 is 12.3 Å². The number of aliphatic carboxylic acids is 1. The molecule has 1 heterocycles. The van der Waals surface area contributed by atoms with E-state index < -0.39 is 12.0 Å². The van der Waals surface area contributed by atoms with Crippen molar-refractivity contribution in [1.29, 1.82) is 0 Å². The molecular weight excluding hydrogens is 320 g/mol. The fourth-order valence-corrected chi connectivity index (χ4v) is 3.46. The smallest absolute Gasteiger partial charge is 0.305 e. The zero-order valence-electron chi connectivity index (χ0n) is 14.8. The lowest BCUT2D eigenvalue weighted by Crippen LogP contribution is -2.48. The first-order chi connectivity index (χ1) is 12.0. The van der Waals surface area contributed by atoms with Gasteiger partial charge in [0.25, 0.3) is 0 Å². The standard InChI is InChI=1S/C19H28N2O4/c1-14-5-6-18(10-15(14)12-20)25-9-7-16-4-2-3-8-21(16)17(13-22)11-19(23)24/h5-6,10,13,16-17H,2-4,7-9,11-12,20H2,1H3,(H,23,24). The number of benzene rings is 1. The highest BCUT2D eigenvalue weighted by atomic mass is 16.5. The van der Waals surface area contributed by atoms with Crippen molar-refractivity contribution in [3.8, 4) is 5.75 Å². The van der Waals surface area contributed by atoms with E-state index in [0.717, 1.165) is 55.4 Å². The largest absolute Gasteiger partial charge is 0.494 e. The Balaban J connectivity index is 1.92. The van der Waals surface area contributed by atoms with E-state index in [4.69, 9.17) is 15.6 Å². The molecule has 2 rings (SSSR count). The average Bonchev–Trinajstić information content (AvgIpc) is 2.61. The summed E-state index contributed by atoms with van der Waals surface area (Å²) < 4.78 is 5.86. The molecule has 3 N–H and O–H groups in total. The molecule has 1 aliphatic heterocycles. The van der Waals surface area contributed by atoms with Gasteiger partial charge in [-0.25, -0.2) is 0 Å². The second-order valence-corrected chi connectivity index (χ2v) is 6.62. The third-order valence-electron chi connectivity index (χ3n) is 4.90. The van der Waals surface area contributed by atoms with Crippen LogP contribution in [0.15, 0.2) is 18.2 Å². The normalized spacial score (nSPS) is 19.4. The van der Waals surface area contributed by atoms with Crippen molar-refractivity contribution in [3.63, 3.8) is 0 Å². The quantitative estimate of drug-likeness (QED) is 0.664. The van der Waals surface area contributed by atoms with Crippen LogP contribution in [0.1, 0.15) is 43.2 Å². The van der Waals surface area contributed by atoms with Gasteiger partial charge in [0.05, 0.1) is 19.1 Å². The Morgan fingerprint density at radius 2 is 2.28 bits per heavy atom. The molecule has 1 aliphatic rings. The molecular formula is C19H28N2O4. The summed E-state index contributed by atoms with van der Waals surface area (Å²) in [6.45, 7) is 3.81. The van der Waals surface area contributed by atoms with Crippen molar-refractivity contribution in [2.24, 2.45) is 5.73 Å². The van der Waals surface area contributed by atoms with Crippen LogP contribution < -0.4 is 10.5 Å². The van der Waals surface area contributed by atoms with Gasteiger partial charge >= 0.3 is 5.97 Å². The molecule has 0 spiro atoms. The minimum atomic E-state index is -0.938. The number of ether oxygens (including phenoxy) is 1. The second-order valence-electron chi connectivity index (χ2n) is 6.62. The first kappa shape index (κ1) is 19.4. The summed E-state index contributed by atoms with van der Waals surface area (Å²) in [5, 5.41) is 9.01. The van der Waals surface area contributed by atoms with Gasteiger partial charge in [0.15, 0.2) is 0 Å². The molecule has 1 aromatic rings. The molecule has 1 aromatic carbocycles. The van der Waals surface area contributed by atoms with Gasteiger partial charge in [-0.1, -0.05) is 12.5 Å². The number of carbonyl (C=O) groups is 2. The Bertz CT molecular complexity index is 591. The summed E-state index contributed by atoms with van der Waals surface area (Å²) in [5.41, 5.74) is 7.95. The maximum atomic E-state index is 11.3. The number of nitrogens with two attached hydrogens (primary N) is 1. The topological polar surface area (TPSA) is 92.9 Å². The number of likely N-dealkylation sites (tertiary alicyclic amines) is 1. The van der Waals surface area contributed by atoms with E-state index in [1.807, 2.05) is 30.0 Å². The van der Waals surface area contributed by atoms with Crippen LogP contribution in [0.25, 0.3) is 0 Å². The zero-order chi connectivity index (χ0) is 18.2. The van der Waals surface area contributed by atoms with E-state index in [0.29, 0.717) is 13.2 Å². The lowest BCUT2D eigenvalue weighted by Gasteiger charge is -2.38. The second kappa shape index (κ2) is 9.53. The van der Waals surface area contributed by atoms with E-state index in [1.54, 1.807) is 0 Å². The van der Waals surface area contributed by atoms with Gasteiger partial charge in [0.1, 0.15) is 12.0 Å². The van der Waals surface area contributed by atoms with Crippen LogP contribution in [0.4, 0.5) is 0 Å². The third kappa shape index (κ3) is 5.54. The number of carbonyl (C=O) groups excluding carboxylic acids is 1. The Morgan fingerprint density at radius 1 is 1.48 bits per heavy atom. The Kier molecular flexibility index (Phi) is 7.40. The first-order valence-corrected chi connectivity index (χ1v) is 8.90. The molecule has 0 amide bonds. The number of piperidine rings is 1. The molecule has 1 saturated heterocycles. The van der Waals surface area contributed by atoms with Crippen molar-refractivity contribution in [1.82, 2.24) is 4.90 Å².